The van der Waals surface area contributed by atoms with Crippen LogP contribution >= 0.6 is 0 Å². The Bertz CT molecular complexity index is 545. The van der Waals surface area contributed by atoms with Gasteiger partial charge in [-0.25, -0.2) is 0 Å². The monoisotopic (exact) mass is 288 g/mol. The molecular weight excluding hydrogens is 264 g/mol. The van der Waals surface area contributed by atoms with Gasteiger partial charge in [0.15, 0.2) is 0 Å². The van der Waals surface area contributed by atoms with E-state index in [-0.39, 0.29) is 11.9 Å². The van der Waals surface area contributed by atoms with E-state index < -0.39 is 0 Å². The Morgan fingerprint density at radius 1 is 1.38 bits per heavy atom. The number of hydrazine groups is 1. The van der Waals surface area contributed by atoms with Crippen LogP contribution in [-0.4, -0.2) is 47.4 Å². The normalized spacial score (nSPS) is 25.8. The van der Waals surface area contributed by atoms with Crippen molar-refractivity contribution in [1.82, 2.24) is 9.80 Å². The molecule has 5 nitrogen and oxygen atoms in total. The predicted octanol–water partition coefficient (Wildman–Crippen LogP) is 1.59. The van der Waals surface area contributed by atoms with Crippen LogP contribution in [0.2, 0.25) is 0 Å². The molecule has 2 fully saturated rings. The minimum Gasteiger partial charge on any atom is -0.333 e. The fourth-order valence-corrected chi connectivity index (χ4v) is 3.59. The van der Waals surface area contributed by atoms with Gasteiger partial charge in [-0.2, -0.15) is 0 Å². The topological polar surface area (TPSA) is 61.6 Å². The van der Waals surface area contributed by atoms with Gasteiger partial charge in [0.05, 0.1) is 11.3 Å². The summed E-state index contributed by atoms with van der Waals surface area (Å²) in [5, 5.41) is 0. The average Bonchev–Trinajstić information content (AvgIpc) is 2.92. The number of fused-ring (bicyclic) bond motifs is 1. The largest absolute Gasteiger partial charge is 0.333 e. The van der Waals surface area contributed by atoms with Gasteiger partial charge >= 0.3 is 0 Å². The molecule has 0 saturated carbocycles. The van der Waals surface area contributed by atoms with Crippen LogP contribution in [0, 0.1) is 6.92 Å². The first-order valence-electron chi connectivity index (χ1n) is 7.72. The van der Waals surface area contributed by atoms with Crippen LogP contribution in [0.5, 0.6) is 0 Å². The van der Waals surface area contributed by atoms with E-state index in [4.69, 9.17) is 5.84 Å². The van der Waals surface area contributed by atoms with Crippen molar-refractivity contribution in [1.29, 1.82) is 0 Å². The lowest BCUT2D eigenvalue weighted by Gasteiger charge is -2.42. The van der Waals surface area contributed by atoms with Crippen molar-refractivity contribution in [3.05, 3.63) is 29.3 Å². The molecule has 2 atom stereocenters. The lowest BCUT2D eigenvalue weighted by molar-refractivity contribution is 0.0396. The SMILES string of the molecule is Cc1ccc(C(=O)N2CC3CCCN3CC2C)c(NN)c1. The van der Waals surface area contributed by atoms with Gasteiger partial charge in [-0.1, -0.05) is 6.07 Å². The molecule has 1 aromatic carbocycles. The summed E-state index contributed by atoms with van der Waals surface area (Å²) in [6.45, 7) is 7.12. The highest BCUT2D eigenvalue weighted by Gasteiger charge is 2.37. The summed E-state index contributed by atoms with van der Waals surface area (Å²) in [7, 11) is 0. The summed E-state index contributed by atoms with van der Waals surface area (Å²) >= 11 is 0. The minimum atomic E-state index is 0.0852. The molecule has 1 aromatic rings. The summed E-state index contributed by atoms with van der Waals surface area (Å²) in [6, 6.07) is 6.54. The Kier molecular flexibility index (Phi) is 3.87. The van der Waals surface area contributed by atoms with E-state index in [1.807, 2.05) is 30.0 Å². The molecule has 3 N–H and O–H groups in total. The number of rotatable bonds is 2. The third-order valence-electron chi connectivity index (χ3n) is 4.76. The zero-order valence-corrected chi connectivity index (χ0v) is 12.8. The third-order valence-corrected chi connectivity index (χ3v) is 4.76. The predicted molar refractivity (Wildman–Crippen MR) is 84.1 cm³/mol. The van der Waals surface area contributed by atoms with E-state index in [0.717, 1.165) is 18.7 Å². The van der Waals surface area contributed by atoms with Crippen LogP contribution in [-0.2, 0) is 0 Å². The Hall–Kier alpha value is -1.59. The molecule has 0 spiro atoms. The van der Waals surface area contributed by atoms with E-state index >= 15 is 0 Å². The zero-order chi connectivity index (χ0) is 15.0. The number of amides is 1. The van der Waals surface area contributed by atoms with Crippen LogP contribution in [0.15, 0.2) is 18.2 Å². The Balaban J connectivity index is 1.84. The number of anilines is 1. The zero-order valence-electron chi connectivity index (χ0n) is 12.8. The number of aryl methyl sites for hydroxylation is 1. The fraction of sp³-hybridized carbons (Fsp3) is 0.562. The van der Waals surface area contributed by atoms with Crippen molar-refractivity contribution in [3.8, 4) is 0 Å². The molecular formula is C16H24N4O. The van der Waals surface area contributed by atoms with Crippen LogP contribution in [0.3, 0.4) is 0 Å². The highest BCUT2D eigenvalue weighted by Crippen LogP contribution is 2.27. The van der Waals surface area contributed by atoms with E-state index in [9.17, 15) is 4.79 Å². The van der Waals surface area contributed by atoms with Crippen molar-refractivity contribution >= 4 is 11.6 Å². The van der Waals surface area contributed by atoms with Crippen molar-refractivity contribution in [2.75, 3.05) is 25.1 Å². The number of hydrogen-bond donors (Lipinski definition) is 2. The number of nitrogens with zero attached hydrogens (tertiary/aromatic N) is 2. The molecule has 5 heteroatoms. The Labute approximate surface area is 126 Å². The highest BCUT2D eigenvalue weighted by atomic mass is 16.2. The summed E-state index contributed by atoms with van der Waals surface area (Å²) < 4.78 is 0. The second kappa shape index (κ2) is 5.66. The van der Waals surface area contributed by atoms with Gasteiger partial charge in [0.1, 0.15) is 0 Å². The van der Waals surface area contributed by atoms with Crippen LogP contribution < -0.4 is 11.3 Å². The second-order valence-electron chi connectivity index (χ2n) is 6.29. The maximum absolute atomic E-state index is 12.9. The Morgan fingerprint density at radius 3 is 2.95 bits per heavy atom. The van der Waals surface area contributed by atoms with Crippen LogP contribution in [0.1, 0.15) is 35.7 Å². The highest BCUT2D eigenvalue weighted by molar-refractivity contribution is 6.00. The molecule has 2 aliphatic heterocycles. The van der Waals surface area contributed by atoms with Crippen LogP contribution in [0.4, 0.5) is 5.69 Å². The molecule has 2 aliphatic rings. The summed E-state index contributed by atoms with van der Waals surface area (Å²) in [6.07, 6.45) is 2.45. The maximum atomic E-state index is 12.9. The van der Waals surface area contributed by atoms with E-state index in [0.29, 0.717) is 17.3 Å². The lowest BCUT2D eigenvalue weighted by Crippen LogP contribution is -2.56. The number of piperazine rings is 1. The first-order chi connectivity index (χ1) is 10.1. The molecule has 2 heterocycles. The van der Waals surface area contributed by atoms with Crippen molar-refractivity contribution in [3.63, 3.8) is 0 Å². The molecule has 3 rings (SSSR count). The summed E-state index contributed by atoms with van der Waals surface area (Å²) in [5.74, 6) is 5.66. The number of carbonyl (C=O) groups is 1. The van der Waals surface area contributed by atoms with Crippen LogP contribution in [0.25, 0.3) is 0 Å². The summed E-state index contributed by atoms with van der Waals surface area (Å²) in [5.41, 5.74) is 5.13. The van der Waals surface area contributed by atoms with E-state index in [1.54, 1.807) is 0 Å². The molecule has 0 bridgehead atoms. The number of carbonyl (C=O) groups excluding carboxylic acids is 1. The molecule has 2 unspecified atom stereocenters. The van der Waals surface area contributed by atoms with Gasteiger partial charge in [0.25, 0.3) is 5.91 Å². The molecule has 0 aromatic heterocycles. The van der Waals surface area contributed by atoms with Gasteiger partial charge in [0, 0.05) is 25.2 Å². The molecule has 1 amide bonds. The number of nitrogen functional groups attached to an aromatic ring is 1. The third kappa shape index (κ3) is 2.63. The van der Waals surface area contributed by atoms with Crippen molar-refractivity contribution in [2.45, 2.75) is 38.8 Å². The first-order valence-corrected chi connectivity index (χ1v) is 7.72. The van der Waals surface area contributed by atoms with Crippen molar-refractivity contribution in [2.24, 2.45) is 5.84 Å². The number of benzene rings is 1. The number of nitrogens with two attached hydrogens (primary N) is 1. The molecule has 2 saturated heterocycles. The lowest BCUT2D eigenvalue weighted by atomic mass is 10.0. The number of nitrogens with one attached hydrogen (secondary N) is 1. The number of hydrogen-bond acceptors (Lipinski definition) is 4. The first kappa shape index (κ1) is 14.4. The van der Waals surface area contributed by atoms with Gasteiger partial charge in [-0.15, -0.1) is 0 Å². The second-order valence-corrected chi connectivity index (χ2v) is 6.29. The minimum absolute atomic E-state index is 0.0852. The van der Waals surface area contributed by atoms with Gasteiger partial charge < -0.3 is 10.3 Å². The smallest absolute Gasteiger partial charge is 0.256 e. The quantitative estimate of drug-likeness (QED) is 0.641. The molecule has 114 valence electrons. The Morgan fingerprint density at radius 2 is 2.19 bits per heavy atom. The standard InChI is InChI=1S/C16H24N4O/c1-11-5-6-14(15(8-11)18-17)16(21)20-10-13-4-3-7-19(13)9-12(20)2/h5-6,8,12-13,18H,3-4,7,9-10,17H2,1-2H3. The fourth-order valence-electron chi connectivity index (χ4n) is 3.59. The molecule has 21 heavy (non-hydrogen) atoms. The maximum Gasteiger partial charge on any atom is 0.256 e. The molecule has 0 aliphatic carbocycles. The van der Waals surface area contributed by atoms with Crippen molar-refractivity contribution < 1.29 is 4.79 Å². The van der Waals surface area contributed by atoms with Gasteiger partial charge in [0.2, 0.25) is 0 Å². The molecule has 0 radical (unpaired) electrons. The van der Waals surface area contributed by atoms with E-state index in [1.165, 1.54) is 19.4 Å². The van der Waals surface area contributed by atoms with Gasteiger partial charge in [-0.3, -0.25) is 15.5 Å². The summed E-state index contributed by atoms with van der Waals surface area (Å²) in [4.78, 5) is 17.4. The van der Waals surface area contributed by atoms with E-state index in [2.05, 4.69) is 17.2 Å². The van der Waals surface area contributed by atoms with Gasteiger partial charge in [-0.05, 0) is 50.9 Å². The average molecular weight is 288 g/mol.